The van der Waals surface area contributed by atoms with Crippen LogP contribution in [0.3, 0.4) is 0 Å². The van der Waals surface area contributed by atoms with Gasteiger partial charge in [-0.2, -0.15) is 0 Å². The second-order valence-electron chi connectivity index (χ2n) is 9.36. The van der Waals surface area contributed by atoms with Gasteiger partial charge in [0.1, 0.15) is 5.82 Å². The van der Waals surface area contributed by atoms with Gasteiger partial charge in [0, 0.05) is 52.4 Å². The van der Waals surface area contributed by atoms with Crippen molar-refractivity contribution in [2.75, 3.05) is 51.8 Å². The van der Waals surface area contributed by atoms with E-state index in [-0.39, 0.29) is 24.0 Å². The third-order valence-electron chi connectivity index (χ3n) is 7.35. The molecule has 2 amide bonds. The van der Waals surface area contributed by atoms with Gasteiger partial charge in [0.25, 0.3) is 0 Å². The van der Waals surface area contributed by atoms with Gasteiger partial charge >= 0.3 is 0 Å². The van der Waals surface area contributed by atoms with Gasteiger partial charge in [-0.3, -0.25) is 14.9 Å². The normalized spacial score (nSPS) is 24.2. The summed E-state index contributed by atoms with van der Waals surface area (Å²) < 4.78 is 10.9. The minimum Gasteiger partial charge on any atom is -0.357 e. The molecule has 0 saturated carbocycles. The summed E-state index contributed by atoms with van der Waals surface area (Å²) in [5, 5.41) is 2.43. The number of carbonyl (C=O) groups excluding carboxylic acids is 2. The first-order chi connectivity index (χ1) is 15.6. The molecule has 1 atom stereocenters. The van der Waals surface area contributed by atoms with Crippen LogP contribution in [0.25, 0.3) is 0 Å². The molecule has 3 aliphatic rings. The molecule has 4 heterocycles. The number of ether oxygens (including phenoxy) is 2. The Balaban J connectivity index is 1.22. The summed E-state index contributed by atoms with van der Waals surface area (Å²) in [4.78, 5) is 33.0. The summed E-state index contributed by atoms with van der Waals surface area (Å²) in [7, 11) is 3.46. The average molecular weight is 445 g/mol. The first-order valence-corrected chi connectivity index (χ1v) is 11.9. The number of rotatable bonds is 7. The number of amides is 2. The van der Waals surface area contributed by atoms with E-state index in [1.807, 2.05) is 12.1 Å². The first kappa shape index (κ1) is 23.1. The van der Waals surface area contributed by atoms with Gasteiger partial charge in [0.15, 0.2) is 6.29 Å². The lowest BCUT2D eigenvalue weighted by Crippen LogP contribution is -2.43. The molecule has 3 fully saturated rings. The van der Waals surface area contributed by atoms with E-state index in [0.717, 1.165) is 56.3 Å². The van der Waals surface area contributed by atoms with E-state index in [1.165, 1.54) is 19.4 Å². The number of carbonyl (C=O) groups is 2. The zero-order valence-corrected chi connectivity index (χ0v) is 19.3. The molecule has 1 aromatic heterocycles. The largest absolute Gasteiger partial charge is 0.357 e. The molecular formula is C24H36N4O4. The molecule has 1 unspecified atom stereocenters. The Bertz CT molecular complexity index is 767. The zero-order chi connectivity index (χ0) is 22.5. The van der Waals surface area contributed by atoms with E-state index in [4.69, 9.17) is 9.47 Å². The number of nitrogens with zero attached hydrogens (tertiary/aromatic N) is 3. The predicted molar refractivity (Wildman–Crippen MR) is 121 cm³/mol. The molecule has 176 valence electrons. The second-order valence-corrected chi connectivity index (χ2v) is 9.36. The first-order valence-electron chi connectivity index (χ1n) is 11.9. The quantitative estimate of drug-likeness (QED) is 0.510. The molecule has 0 bridgehead atoms. The lowest BCUT2D eigenvalue weighted by atomic mass is 9.91. The van der Waals surface area contributed by atoms with Gasteiger partial charge in [-0.25, -0.2) is 4.98 Å². The molecule has 8 heteroatoms. The van der Waals surface area contributed by atoms with E-state index in [0.29, 0.717) is 18.8 Å². The average Bonchev–Trinajstić information content (AvgIpc) is 2.82. The zero-order valence-electron chi connectivity index (χ0n) is 19.3. The standard InChI is InChI=1S/C24H36N4O4/c1-31-24(32-2)18-9-11-27(12-10-18)16-17-7-13-28(14-8-17)21-5-3-19(15-25-21)20-4-6-22(29)26-23(20)30/h3,5,15,17-18,20,24H,4,6-14,16H2,1-2H3,(H,26,29,30). The monoisotopic (exact) mass is 444 g/mol. The highest BCUT2D eigenvalue weighted by Crippen LogP contribution is 2.29. The Morgan fingerprint density at radius 1 is 1.03 bits per heavy atom. The van der Waals surface area contributed by atoms with Crippen molar-refractivity contribution in [1.29, 1.82) is 0 Å². The fraction of sp³-hybridized carbons (Fsp3) is 0.708. The van der Waals surface area contributed by atoms with Crippen molar-refractivity contribution in [3.8, 4) is 0 Å². The Morgan fingerprint density at radius 3 is 2.34 bits per heavy atom. The lowest BCUT2D eigenvalue weighted by Gasteiger charge is -2.39. The van der Waals surface area contributed by atoms with Crippen molar-refractivity contribution in [2.45, 2.75) is 50.7 Å². The van der Waals surface area contributed by atoms with E-state index in [1.54, 1.807) is 20.4 Å². The Kier molecular flexibility index (Phi) is 7.75. The molecule has 0 radical (unpaired) electrons. The van der Waals surface area contributed by atoms with Crippen LogP contribution in [0.2, 0.25) is 0 Å². The number of nitrogens with one attached hydrogen (secondary N) is 1. The van der Waals surface area contributed by atoms with E-state index < -0.39 is 0 Å². The molecule has 4 rings (SSSR count). The molecule has 0 aromatic carbocycles. The maximum absolute atomic E-state index is 12.1. The fourth-order valence-electron chi connectivity index (χ4n) is 5.40. The van der Waals surface area contributed by atoms with Crippen molar-refractivity contribution in [2.24, 2.45) is 11.8 Å². The predicted octanol–water partition coefficient (Wildman–Crippen LogP) is 2.15. The highest BCUT2D eigenvalue weighted by molar-refractivity contribution is 6.00. The minimum absolute atomic E-state index is 0.0748. The van der Waals surface area contributed by atoms with Crippen LogP contribution >= 0.6 is 0 Å². The number of imide groups is 1. The van der Waals surface area contributed by atoms with Gasteiger partial charge in [0.2, 0.25) is 11.8 Å². The molecule has 3 aliphatic heterocycles. The summed E-state index contributed by atoms with van der Waals surface area (Å²) in [5.41, 5.74) is 0.890. The van der Waals surface area contributed by atoms with Crippen LogP contribution in [0.1, 0.15) is 50.0 Å². The van der Waals surface area contributed by atoms with Crippen molar-refractivity contribution < 1.29 is 19.1 Å². The van der Waals surface area contributed by atoms with Crippen LogP contribution in [0.5, 0.6) is 0 Å². The van der Waals surface area contributed by atoms with Gasteiger partial charge in [0.05, 0.1) is 5.92 Å². The van der Waals surface area contributed by atoms with Crippen molar-refractivity contribution in [3.63, 3.8) is 0 Å². The Labute approximate surface area is 190 Å². The van der Waals surface area contributed by atoms with Crippen LogP contribution in [-0.2, 0) is 19.1 Å². The van der Waals surface area contributed by atoms with E-state index in [2.05, 4.69) is 20.1 Å². The van der Waals surface area contributed by atoms with Gasteiger partial charge in [-0.15, -0.1) is 0 Å². The molecule has 1 aromatic rings. The summed E-state index contributed by atoms with van der Waals surface area (Å²) in [6.45, 7) is 5.45. The van der Waals surface area contributed by atoms with E-state index >= 15 is 0 Å². The summed E-state index contributed by atoms with van der Waals surface area (Å²) >= 11 is 0. The number of methoxy groups -OCH3 is 2. The lowest BCUT2D eigenvalue weighted by molar-refractivity contribution is -0.147. The molecular weight excluding hydrogens is 408 g/mol. The molecule has 1 N–H and O–H groups in total. The SMILES string of the molecule is COC(OC)C1CCN(CC2CCN(c3ccc(C4CCC(=O)NC4=O)cn3)CC2)CC1. The van der Waals surface area contributed by atoms with Crippen LogP contribution in [-0.4, -0.2) is 74.9 Å². The van der Waals surface area contributed by atoms with Crippen molar-refractivity contribution in [3.05, 3.63) is 23.9 Å². The number of aromatic nitrogens is 1. The summed E-state index contributed by atoms with van der Waals surface area (Å²) in [6.07, 6.45) is 7.30. The topological polar surface area (TPSA) is 84.0 Å². The molecule has 0 aliphatic carbocycles. The number of pyridine rings is 1. The van der Waals surface area contributed by atoms with Crippen LogP contribution in [0, 0.1) is 11.8 Å². The third-order valence-corrected chi connectivity index (χ3v) is 7.35. The van der Waals surface area contributed by atoms with Crippen molar-refractivity contribution in [1.82, 2.24) is 15.2 Å². The maximum Gasteiger partial charge on any atom is 0.234 e. The Morgan fingerprint density at radius 2 is 1.75 bits per heavy atom. The molecule has 32 heavy (non-hydrogen) atoms. The van der Waals surface area contributed by atoms with Crippen LogP contribution in [0.15, 0.2) is 18.3 Å². The maximum atomic E-state index is 12.1. The number of piperidine rings is 3. The van der Waals surface area contributed by atoms with Crippen molar-refractivity contribution >= 4 is 17.6 Å². The molecule has 8 nitrogen and oxygen atoms in total. The van der Waals surface area contributed by atoms with E-state index in [9.17, 15) is 9.59 Å². The summed E-state index contributed by atoms with van der Waals surface area (Å²) in [6, 6.07) is 4.01. The minimum atomic E-state index is -0.271. The Hall–Kier alpha value is -2.03. The fourth-order valence-corrected chi connectivity index (χ4v) is 5.40. The third kappa shape index (κ3) is 5.47. The van der Waals surface area contributed by atoms with Gasteiger partial charge in [-0.1, -0.05) is 6.07 Å². The van der Waals surface area contributed by atoms with Gasteiger partial charge < -0.3 is 19.3 Å². The number of anilines is 1. The highest BCUT2D eigenvalue weighted by atomic mass is 16.7. The number of hydrogen-bond donors (Lipinski definition) is 1. The highest BCUT2D eigenvalue weighted by Gasteiger charge is 2.30. The number of likely N-dealkylation sites (tertiary alicyclic amines) is 1. The number of hydrogen-bond acceptors (Lipinski definition) is 7. The molecule has 0 spiro atoms. The second kappa shape index (κ2) is 10.7. The van der Waals surface area contributed by atoms with Gasteiger partial charge in [-0.05, 0) is 62.7 Å². The summed E-state index contributed by atoms with van der Waals surface area (Å²) in [5.74, 6) is 1.54. The molecule has 3 saturated heterocycles. The van der Waals surface area contributed by atoms with Crippen LogP contribution < -0.4 is 10.2 Å². The van der Waals surface area contributed by atoms with Crippen LogP contribution in [0.4, 0.5) is 5.82 Å². The smallest absolute Gasteiger partial charge is 0.234 e.